The fourth-order valence-corrected chi connectivity index (χ4v) is 1.51. The van der Waals surface area contributed by atoms with Gasteiger partial charge in [-0.15, -0.1) is 0 Å². The Morgan fingerprint density at radius 1 is 1.32 bits per heavy atom. The Kier molecular flexibility index (Phi) is 6.27. The maximum Gasteiger partial charge on any atom is 0.343 e. The average Bonchev–Trinajstić information content (AvgIpc) is 2.44. The molecule has 0 aromatic heterocycles. The van der Waals surface area contributed by atoms with Crippen molar-refractivity contribution in [3.05, 3.63) is 29.8 Å². The molecule has 106 valence electrons. The highest BCUT2D eigenvalue weighted by Gasteiger charge is 2.17. The molecule has 0 bridgehead atoms. The normalized spacial score (nSPS) is 13.7. The Bertz CT molecular complexity index is 393. The topological polar surface area (TPSA) is 102 Å². The van der Waals surface area contributed by atoms with Crippen LogP contribution in [0.5, 0.6) is 5.75 Å². The number of hydrogen-bond donors (Lipinski definition) is 3. The van der Waals surface area contributed by atoms with E-state index in [4.69, 9.17) is 10.5 Å². The van der Waals surface area contributed by atoms with Crippen LogP contribution in [0.4, 0.5) is 0 Å². The van der Waals surface area contributed by atoms with E-state index >= 15 is 0 Å². The Balaban J connectivity index is 2.58. The van der Waals surface area contributed by atoms with Crippen LogP contribution in [0, 0.1) is 0 Å². The first-order valence-corrected chi connectivity index (χ1v) is 5.94. The molecule has 0 amide bonds. The standard InChI is InChI=1S/C13H19NO5/c1-18-12(16)8-19-10-4-2-9(3-5-10)13(17)11(15)6-7-14/h2-5,11,13,15,17H,6-8,14H2,1H3. The van der Waals surface area contributed by atoms with Crippen molar-refractivity contribution in [1.29, 1.82) is 0 Å². The van der Waals surface area contributed by atoms with Crippen molar-refractivity contribution in [2.75, 3.05) is 20.3 Å². The Morgan fingerprint density at radius 3 is 2.47 bits per heavy atom. The van der Waals surface area contributed by atoms with E-state index in [1.54, 1.807) is 24.3 Å². The van der Waals surface area contributed by atoms with Crippen molar-refractivity contribution in [3.8, 4) is 5.75 Å². The summed E-state index contributed by atoms with van der Waals surface area (Å²) in [4.78, 5) is 10.9. The van der Waals surface area contributed by atoms with Gasteiger partial charge in [0.25, 0.3) is 0 Å². The van der Waals surface area contributed by atoms with Gasteiger partial charge in [0.05, 0.1) is 13.2 Å². The predicted octanol–water partition coefficient (Wildman–Crippen LogP) is -0.0185. The minimum atomic E-state index is -0.988. The van der Waals surface area contributed by atoms with Crippen LogP contribution >= 0.6 is 0 Å². The van der Waals surface area contributed by atoms with Gasteiger partial charge in [-0.1, -0.05) is 12.1 Å². The van der Waals surface area contributed by atoms with Crippen molar-refractivity contribution >= 4 is 5.97 Å². The fourth-order valence-electron chi connectivity index (χ4n) is 1.51. The summed E-state index contributed by atoms with van der Waals surface area (Å²) in [6, 6.07) is 6.46. The molecular formula is C13H19NO5. The molecule has 0 spiro atoms. The molecule has 4 N–H and O–H groups in total. The molecule has 0 radical (unpaired) electrons. The number of methoxy groups -OCH3 is 1. The van der Waals surface area contributed by atoms with Gasteiger partial charge in [-0.25, -0.2) is 4.79 Å². The number of aliphatic hydroxyl groups excluding tert-OH is 2. The van der Waals surface area contributed by atoms with Gasteiger partial charge in [0.2, 0.25) is 0 Å². The van der Waals surface area contributed by atoms with Gasteiger partial charge in [-0.3, -0.25) is 0 Å². The number of aliphatic hydroxyl groups is 2. The van der Waals surface area contributed by atoms with Gasteiger partial charge in [-0.05, 0) is 30.7 Å². The second-order valence-corrected chi connectivity index (χ2v) is 4.02. The summed E-state index contributed by atoms with van der Waals surface area (Å²) in [7, 11) is 1.28. The summed E-state index contributed by atoms with van der Waals surface area (Å²) in [6.07, 6.45) is -1.56. The van der Waals surface area contributed by atoms with Gasteiger partial charge in [0.15, 0.2) is 6.61 Å². The third-order valence-electron chi connectivity index (χ3n) is 2.63. The zero-order chi connectivity index (χ0) is 14.3. The fraction of sp³-hybridized carbons (Fsp3) is 0.462. The number of benzene rings is 1. The van der Waals surface area contributed by atoms with E-state index in [1.807, 2.05) is 0 Å². The number of rotatable bonds is 7. The molecule has 0 saturated carbocycles. The Hall–Kier alpha value is -1.63. The van der Waals surface area contributed by atoms with Crippen LogP contribution in [0.15, 0.2) is 24.3 Å². The molecule has 19 heavy (non-hydrogen) atoms. The average molecular weight is 269 g/mol. The largest absolute Gasteiger partial charge is 0.482 e. The van der Waals surface area contributed by atoms with Crippen molar-refractivity contribution in [2.24, 2.45) is 5.73 Å². The SMILES string of the molecule is COC(=O)COc1ccc(C(O)C(O)CCN)cc1. The van der Waals surface area contributed by atoms with E-state index in [2.05, 4.69) is 4.74 Å². The summed E-state index contributed by atoms with van der Waals surface area (Å²) >= 11 is 0. The zero-order valence-electron chi connectivity index (χ0n) is 10.8. The molecule has 0 aliphatic heterocycles. The molecule has 1 rings (SSSR count). The first-order valence-electron chi connectivity index (χ1n) is 5.94. The van der Waals surface area contributed by atoms with Crippen LogP contribution < -0.4 is 10.5 Å². The lowest BCUT2D eigenvalue weighted by molar-refractivity contribution is -0.142. The number of esters is 1. The van der Waals surface area contributed by atoms with Crippen LogP contribution in [0.1, 0.15) is 18.1 Å². The molecular weight excluding hydrogens is 250 g/mol. The van der Waals surface area contributed by atoms with Crippen LogP contribution in [-0.4, -0.2) is 42.5 Å². The summed E-state index contributed by atoms with van der Waals surface area (Å²) < 4.78 is 9.61. The molecule has 0 aliphatic rings. The van der Waals surface area contributed by atoms with Crippen molar-refractivity contribution in [1.82, 2.24) is 0 Å². The molecule has 6 nitrogen and oxygen atoms in total. The number of carbonyl (C=O) groups excluding carboxylic acids is 1. The van der Waals surface area contributed by atoms with Crippen LogP contribution in [0.25, 0.3) is 0 Å². The number of ether oxygens (including phenoxy) is 2. The highest BCUT2D eigenvalue weighted by atomic mass is 16.6. The molecule has 2 unspecified atom stereocenters. The summed E-state index contributed by atoms with van der Waals surface area (Å²) in [5, 5.41) is 19.5. The minimum Gasteiger partial charge on any atom is -0.482 e. The minimum absolute atomic E-state index is 0.172. The van der Waals surface area contributed by atoms with Gasteiger partial charge in [-0.2, -0.15) is 0 Å². The summed E-state index contributed by atoms with van der Waals surface area (Å²) in [5.74, 6) is 0.0112. The third-order valence-corrected chi connectivity index (χ3v) is 2.63. The lowest BCUT2D eigenvalue weighted by Crippen LogP contribution is -2.21. The maximum atomic E-state index is 10.9. The Labute approximate surface area is 111 Å². The molecule has 0 fully saturated rings. The number of hydrogen-bond acceptors (Lipinski definition) is 6. The molecule has 0 saturated heterocycles. The van der Waals surface area contributed by atoms with Crippen molar-refractivity contribution in [3.63, 3.8) is 0 Å². The zero-order valence-corrected chi connectivity index (χ0v) is 10.8. The van der Waals surface area contributed by atoms with E-state index in [1.165, 1.54) is 7.11 Å². The van der Waals surface area contributed by atoms with E-state index in [9.17, 15) is 15.0 Å². The molecule has 0 aliphatic carbocycles. The first-order chi connectivity index (χ1) is 9.08. The second kappa shape index (κ2) is 7.73. The predicted molar refractivity (Wildman–Crippen MR) is 68.6 cm³/mol. The van der Waals surface area contributed by atoms with E-state index in [0.29, 0.717) is 24.3 Å². The first kappa shape index (κ1) is 15.4. The highest BCUT2D eigenvalue weighted by Crippen LogP contribution is 2.21. The lowest BCUT2D eigenvalue weighted by Gasteiger charge is -2.17. The maximum absolute atomic E-state index is 10.9. The van der Waals surface area contributed by atoms with Gasteiger partial charge in [0.1, 0.15) is 11.9 Å². The van der Waals surface area contributed by atoms with E-state index in [0.717, 1.165) is 0 Å². The van der Waals surface area contributed by atoms with Crippen LogP contribution in [-0.2, 0) is 9.53 Å². The smallest absolute Gasteiger partial charge is 0.343 e. The van der Waals surface area contributed by atoms with Gasteiger partial charge < -0.3 is 25.4 Å². The lowest BCUT2D eigenvalue weighted by atomic mass is 10.0. The van der Waals surface area contributed by atoms with Gasteiger partial charge >= 0.3 is 5.97 Å². The quantitative estimate of drug-likeness (QED) is 0.601. The molecule has 1 aromatic carbocycles. The molecule has 0 heterocycles. The van der Waals surface area contributed by atoms with E-state index < -0.39 is 18.2 Å². The molecule has 2 atom stereocenters. The highest BCUT2D eigenvalue weighted by molar-refractivity contribution is 5.70. The number of nitrogens with two attached hydrogens (primary N) is 1. The van der Waals surface area contributed by atoms with Crippen molar-refractivity contribution in [2.45, 2.75) is 18.6 Å². The Morgan fingerprint density at radius 2 is 1.95 bits per heavy atom. The monoisotopic (exact) mass is 269 g/mol. The van der Waals surface area contributed by atoms with Crippen LogP contribution in [0.3, 0.4) is 0 Å². The molecule has 1 aromatic rings. The summed E-state index contributed by atoms with van der Waals surface area (Å²) in [5.41, 5.74) is 5.88. The molecule has 6 heteroatoms. The van der Waals surface area contributed by atoms with Gasteiger partial charge in [0, 0.05) is 0 Å². The second-order valence-electron chi connectivity index (χ2n) is 4.02. The van der Waals surface area contributed by atoms with Crippen molar-refractivity contribution < 1.29 is 24.5 Å². The number of carbonyl (C=O) groups is 1. The van der Waals surface area contributed by atoms with E-state index in [-0.39, 0.29) is 6.61 Å². The summed E-state index contributed by atoms with van der Waals surface area (Å²) in [6.45, 7) is 0.132. The van der Waals surface area contributed by atoms with Crippen LogP contribution in [0.2, 0.25) is 0 Å². The third kappa shape index (κ3) is 4.86.